The van der Waals surface area contributed by atoms with Crippen molar-refractivity contribution in [3.05, 3.63) is 53.2 Å². The summed E-state index contributed by atoms with van der Waals surface area (Å²) in [7, 11) is 1.66. The number of nitrogens with zero attached hydrogens (tertiary/aromatic N) is 2. The molecule has 190 valence electrons. The topological polar surface area (TPSA) is 83.9 Å². The van der Waals surface area contributed by atoms with Crippen LogP contribution < -0.4 is 10.1 Å². The molecule has 1 saturated heterocycles. The van der Waals surface area contributed by atoms with E-state index in [4.69, 9.17) is 14.5 Å². The third kappa shape index (κ3) is 7.18. The minimum atomic E-state index is -0.780. The SMILES string of the molecule is CO[C@H](C)COc1ccccc1C(CC(=O)O)CN1CC[C@@H](CCc2ccc3c(n2)NCCC3)C1. The Balaban J connectivity index is 1.34. The number of benzene rings is 1. The monoisotopic (exact) mass is 481 g/mol. The lowest BCUT2D eigenvalue weighted by atomic mass is 9.94. The first-order chi connectivity index (χ1) is 17.0. The molecule has 1 aromatic heterocycles. The quantitative estimate of drug-likeness (QED) is 0.466. The van der Waals surface area contributed by atoms with Crippen LogP contribution in [0.4, 0.5) is 5.82 Å². The fraction of sp³-hybridized carbons (Fsp3) is 0.571. The number of para-hydroxylation sites is 1. The molecule has 0 amide bonds. The minimum Gasteiger partial charge on any atom is -0.491 e. The summed E-state index contributed by atoms with van der Waals surface area (Å²) < 4.78 is 11.3. The zero-order valence-corrected chi connectivity index (χ0v) is 21.0. The van der Waals surface area contributed by atoms with Crippen molar-refractivity contribution in [2.24, 2.45) is 5.92 Å². The number of aryl methyl sites for hydroxylation is 2. The van der Waals surface area contributed by atoms with Gasteiger partial charge in [0.05, 0.1) is 12.5 Å². The molecule has 2 aliphatic heterocycles. The van der Waals surface area contributed by atoms with E-state index in [1.54, 1.807) is 7.11 Å². The number of fused-ring (bicyclic) bond motifs is 1. The minimum absolute atomic E-state index is 0.0271. The Kier molecular flexibility index (Phi) is 8.99. The number of anilines is 1. The summed E-state index contributed by atoms with van der Waals surface area (Å²) in [5.74, 6) is 1.54. The van der Waals surface area contributed by atoms with Gasteiger partial charge in [0.1, 0.15) is 18.2 Å². The molecular weight excluding hydrogens is 442 g/mol. The number of rotatable bonds is 12. The molecule has 3 heterocycles. The van der Waals surface area contributed by atoms with E-state index in [0.717, 1.165) is 74.7 Å². The first-order valence-corrected chi connectivity index (χ1v) is 12.9. The predicted molar refractivity (Wildman–Crippen MR) is 137 cm³/mol. The fourth-order valence-electron chi connectivity index (χ4n) is 5.19. The van der Waals surface area contributed by atoms with E-state index in [2.05, 4.69) is 22.3 Å². The second-order valence-electron chi connectivity index (χ2n) is 9.98. The molecule has 0 spiro atoms. The normalized spacial score (nSPS) is 19.5. The maximum Gasteiger partial charge on any atom is 0.304 e. The van der Waals surface area contributed by atoms with Gasteiger partial charge in [0, 0.05) is 38.4 Å². The van der Waals surface area contributed by atoms with Crippen molar-refractivity contribution in [1.29, 1.82) is 0 Å². The Morgan fingerprint density at radius 3 is 2.97 bits per heavy atom. The molecule has 2 aliphatic rings. The number of carbonyl (C=O) groups is 1. The highest BCUT2D eigenvalue weighted by Crippen LogP contribution is 2.32. The third-order valence-corrected chi connectivity index (χ3v) is 7.26. The Morgan fingerprint density at radius 1 is 1.29 bits per heavy atom. The van der Waals surface area contributed by atoms with E-state index in [-0.39, 0.29) is 18.4 Å². The van der Waals surface area contributed by atoms with Crippen molar-refractivity contribution in [3.63, 3.8) is 0 Å². The van der Waals surface area contributed by atoms with Gasteiger partial charge in [0.2, 0.25) is 0 Å². The Morgan fingerprint density at radius 2 is 2.14 bits per heavy atom. The van der Waals surface area contributed by atoms with Gasteiger partial charge in [-0.2, -0.15) is 0 Å². The van der Waals surface area contributed by atoms with Crippen LogP contribution in [0.5, 0.6) is 5.75 Å². The van der Waals surface area contributed by atoms with Crippen LogP contribution >= 0.6 is 0 Å². The zero-order chi connectivity index (χ0) is 24.6. The Hall–Kier alpha value is -2.64. The van der Waals surface area contributed by atoms with Gasteiger partial charge < -0.3 is 24.8 Å². The van der Waals surface area contributed by atoms with Gasteiger partial charge in [-0.1, -0.05) is 24.3 Å². The number of aromatic nitrogens is 1. The van der Waals surface area contributed by atoms with E-state index in [1.165, 1.54) is 12.0 Å². The second kappa shape index (κ2) is 12.4. The standard InChI is InChI=1S/C28H39N3O4/c1-20(34-2)19-35-26-8-4-3-7-25(26)23(16-27(32)33)18-31-15-13-21(17-31)9-11-24-12-10-22-6-5-14-29-28(22)30-24/h3-4,7-8,10,12,20-21,23H,5-6,9,11,13-19H2,1-2H3,(H,29,30)(H,32,33)/t20-,21-,23?/m1/s1. The Labute approximate surface area is 208 Å². The number of pyridine rings is 1. The van der Waals surface area contributed by atoms with Crippen LogP contribution in [0.25, 0.3) is 0 Å². The highest BCUT2D eigenvalue weighted by molar-refractivity contribution is 5.68. The lowest BCUT2D eigenvalue weighted by Gasteiger charge is -2.25. The van der Waals surface area contributed by atoms with E-state index in [0.29, 0.717) is 12.5 Å². The first-order valence-electron chi connectivity index (χ1n) is 12.9. The number of methoxy groups -OCH3 is 1. The number of hydrogen-bond acceptors (Lipinski definition) is 6. The summed E-state index contributed by atoms with van der Waals surface area (Å²) in [6.07, 6.45) is 5.60. The molecule has 2 N–H and O–H groups in total. The molecule has 7 heteroatoms. The van der Waals surface area contributed by atoms with Crippen molar-refractivity contribution >= 4 is 11.8 Å². The van der Waals surface area contributed by atoms with E-state index in [9.17, 15) is 9.90 Å². The number of nitrogens with one attached hydrogen (secondary N) is 1. The average Bonchev–Trinajstić information content (AvgIpc) is 3.32. The maximum absolute atomic E-state index is 11.7. The van der Waals surface area contributed by atoms with E-state index < -0.39 is 5.97 Å². The molecule has 35 heavy (non-hydrogen) atoms. The lowest BCUT2D eigenvalue weighted by Crippen LogP contribution is -2.28. The highest BCUT2D eigenvalue weighted by atomic mass is 16.5. The van der Waals surface area contributed by atoms with E-state index >= 15 is 0 Å². The van der Waals surface area contributed by atoms with Gasteiger partial charge in [-0.05, 0) is 74.8 Å². The van der Waals surface area contributed by atoms with Crippen molar-refractivity contribution in [2.75, 3.05) is 45.2 Å². The summed E-state index contributed by atoms with van der Waals surface area (Å²) >= 11 is 0. The van der Waals surface area contributed by atoms with Crippen LogP contribution in [-0.4, -0.2) is 67.0 Å². The van der Waals surface area contributed by atoms with Gasteiger partial charge >= 0.3 is 5.97 Å². The van der Waals surface area contributed by atoms with E-state index in [1.807, 2.05) is 31.2 Å². The molecule has 0 aliphatic carbocycles. The second-order valence-corrected chi connectivity index (χ2v) is 9.98. The number of carboxylic acids is 1. The number of likely N-dealkylation sites (tertiary alicyclic amines) is 1. The molecule has 1 unspecified atom stereocenters. The summed E-state index contributed by atoms with van der Waals surface area (Å²) in [4.78, 5) is 19.0. The summed E-state index contributed by atoms with van der Waals surface area (Å²) in [5.41, 5.74) is 3.46. The highest BCUT2D eigenvalue weighted by Gasteiger charge is 2.28. The number of hydrogen-bond donors (Lipinski definition) is 2. The third-order valence-electron chi connectivity index (χ3n) is 7.26. The van der Waals surface area contributed by atoms with Crippen LogP contribution in [0.3, 0.4) is 0 Å². The summed E-state index contributed by atoms with van der Waals surface area (Å²) in [6.45, 7) is 6.14. The Bertz CT molecular complexity index is 982. The number of aliphatic carboxylic acids is 1. The molecule has 2 aromatic rings. The lowest BCUT2D eigenvalue weighted by molar-refractivity contribution is -0.137. The van der Waals surface area contributed by atoms with Crippen LogP contribution in [-0.2, 0) is 22.4 Å². The predicted octanol–water partition coefficient (Wildman–Crippen LogP) is 4.37. The van der Waals surface area contributed by atoms with Gasteiger partial charge in [0.25, 0.3) is 0 Å². The zero-order valence-electron chi connectivity index (χ0n) is 21.0. The van der Waals surface area contributed by atoms with Crippen molar-refractivity contribution in [2.45, 2.75) is 57.5 Å². The van der Waals surface area contributed by atoms with Crippen LogP contribution in [0.2, 0.25) is 0 Å². The maximum atomic E-state index is 11.7. The molecule has 0 bridgehead atoms. The van der Waals surface area contributed by atoms with Gasteiger partial charge in [-0.25, -0.2) is 4.98 Å². The van der Waals surface area contributed by atoms with Crippen LogP contribution in [0.15, 0.2) is 36.4 Å². The van der Waals surface area contributed by atoms with Crippen molar-refractivity contribution in [1.82, 2.24) is 9.88 Å². The number of carboxylic acid groups (broad SMARTS) is 1. The molecule has 1 fully saturated rings. The molecule has 0 radical (unpaired) electrons. The smallest absolute Gasteiger partial charge is 0.304 e. The largest absolute Gasteiger partial charge is 0.491 e. The van der Waals surface area contributed by atoms with Crippen molar-refractivity contribution < 1.29 is 19.4 Å². The first kappa shape index (κ1) is 25.5. The number of ether oxygens (including phenoxy) is 2. The molecule has 7 nitrogen and oxygen atoms in total. The van der Waals surface area contributed by atoms with Crippen molar-refractivity contribution in [3.8, 4) is 5.75 Å². The summed E-state index contributed by atoms with van der Waals surface area (Å²) in [5, 5.41) is 13.1. The fourth-order valence-corrected chi connectivity index (χ4v) is 5.19. The van der Waals surface area contributed by atoms with Gasteiger partial charge in [-0.3, -0.25) is 4.79 Å². The average molecular weight is 482 g/mol. The molecule has 0 saturated carbocycles. The molecule has 4 rings (SSSR count). The van der Waals surface area contributed by atoms with Gasteiger partial charge in [-0.15, -0.1) is 0 Å². The summed E-state index contributed by atoms with van der Waals surface area (Å²) in [6, 6.07) is 12.2. The molecule has 3 atom stereocenters. The molecule has 1 aromatic carbocycles. The van der Waals surface area contributed by atoms with Crippen LogP contribution in [0.1, 0.15) is 55.3 Å². The molecular formula is C28H39N3O4. The van der Waals surface area contributed by atoms with Crippen LogP contribution in [0, 0.1) is 5.92 Å². The van der Waals surface area contributed by atoms with Gasteiger partial charge in [0.15, 0.2) is 0 Å².